The zero-order valence-corrected chi connectivity index (χ0v) is 18.7. The summed E-state index contributed by atoms with van der Waals surface area (Å²) in [5.41, 5.74) is 2.31. The number of amides is 1. The summed E-state index contributed by atoms with van der Waals surface area (Å²) >= 11 is 0. The number of carbonyl (C=O) groups excluding carboxylic acids is 1. The molecule has 0 N–H and O–H groups in total. The van der Waals surface area contributed by atoms with E-state index < -0.39 is 0 Å². The Morgan fingerprint density at radius 1 is 1.26 bits per heavy atom. The molecule has 1 amide bonds. The van der Waals surface area contributed by atoms with E-state index in [0.717, 1.165) is 64.0 Å². The highest BCUT2D eigenvalue weighted by Gasteiger charge is 2.40. The predicted octanol–water partition coefficient (Wildman–Crippen LogP) is 3.98. The summed E-state index contributed by atoms with van der Waals surface area (Å²) in [7, 11) is 0. The van der Waals surface area contributed by atoms with Crippen LogP contribution in [0.15, 0.2) is 42.7 Å². The summed E-state index contributed by atoms with van der Waals surface area (Å²) < 4.78 is 14.0. The van der Waals surface area contributed by atoms with Crippen LogP contribution < -0.4 is 0 Å². The fraction of sp³-hybridized carbons (Fsp3) is 0.600. The van der Waals surface area contributed by atoms with Gasteiger partial charge in [-0.1, -0.05) is 30.3 Å². The molecule has 1 unspecified atom stereocenters. The van der Waals surface area contributed by atoms with Gasteiger partial charge in [-0.05, 0) is 56.1 Å². The Balaban J connectivity index is 1.17. The van der Waals surface area contributed by atoms with Crippen LogP contribution in [0.1, 0.15) is 49.7 Å². The van der Waals surface area contributed by atoms with Crippen molar-refractivity contribution in [3.63, 3.8) is 0 Å². The van der Waals surface area contributed by atoms with Crippen molar-refractivity contribution in [1.82, 2.24) is 14.7 Å². The van der Waals surface area contributed by atoms with Crippen molar-refractivity contribution in [3.05, 3.63) is 53.9 Å². The molecule has 6 heteroatoms. The van der Waals surface area contributed by atoms with Gasteiger partial charge in [0.1, 0.15) is 0 Å². The van der Waals surface area contributed by atoms with Crippen molar-refractivity contribution in [2.24, 2.45) is 5.92 Å². The van der Waals surface area contributed by atoms with E-state index >= 15 is 0 Å². The summed E-state index contributed by atoms with van der Waals surface area (Å²) in [4.78, 5) is 14.6. The van der Waals surface area contributed by atoms with E-state index in [0.29, 0.717) is 25.5 Å². The summed E-state index contributed by atoms with van der Waals surface area (Å²) in [5, 5.41) is 4.27. The van der Waals surface area contributed by atoms with E-state index in [-0.39, 0.29) is 11.5 Å². The molecular weight excluding hydrogens is 390 g/mol. The van der Waals surface area contributed by atoms with Crippen LogP contribution in [0.3, 0.4) is 0 Å². The van der Waals surface area contributed by atoms with Crippen LogP contribution in [0.5, 0.6) is 0 Å². The first kappa shape index (κ1) is 22.0. The van der Waals surface area contributed by atoms with Crippen LogP contribution in [-0.2, 0) is 27.4 Å². The van der Waals surface area contributed by atoms with Gasteiger partial charge in [-0.2, -0.15) is 5.10 Å². The second-order valence-electron chi connectivity index (χ2n) is 9.13. The molecule has 31 heavy (non-hydrogen) atoms. The quantitative estimate of drug-likeness (QED) is 0.601. The molecule has 3 heterocycles. The molecule has 2 fully saturated rings. The standard InChI is InChI=1S/C25H35N3O3/c1-21-18-26-28(19-21)12-7-24(29)27-13-10-25(11-14-27)17-22(9-16-31-25)8-15-30-20-23-5-3-2-4-6-23/h2-6,18-19,22H,7-17,20H2,1H3. The van der Waals surface area contributed by atoms with Gasteiger partial charge in [0, 0.05) is 45.5 Å². The van der Waals surface area contributed by atoms with Crippen molar-refractivity contribution < 1.29 is 14.3 Å². The Morgan fingerprint density at radius 2 is 2.06 bits per heavy atom. The van der Waals surface area contributed by atoms with E-state index in [1.54, 1.807) is 0 Å². The number of rotatable bonds is 8. The van der Waals surface area contributed by atoms with Gasteiger partial charge in [-0.25, -0.2) is 0 Å². The van der Waals surface area contributed by atoms with Crippen LogP contribution >= 0.6 is 0 Å². The smallest absolute Gasteiger partial charge is 0.224 e. The number of likely N-dealkylation sites (tertiary alicyclic amines) is 1. The third kappa shape index (κ3) is 6.17. The molecule has 4 rings (SSSR count). The maximum atomic E-state index is 12.6. The van der Waals surface area contributed by atoms with Gasteiger partial charge in [-0.3, -0.25) is 9.48 Å². The first-order valence-electron chi connectivity index (χ1n) is 11.6. The Hall–Kier alpha value is -2.18. The molecule has 0 aliphatic carbocycles. The SMILES string of the molecule is Cc1cnn(CCC(=O)N2CCC3(CC2)CC(CCOCc2ccccc2)CCO3)c1. The number of benzene rings is 1. The zero-order valence-electron chi connectivity index (χ0n) is 18.7. The molecule has 2 aromatic rings. The third-order valence-corrected chi connectivity index (χ3v) is 6.72. The number of carbonyl (C=O) groups is 1. The number of ether oxygens (including phenoxy) is 2. The molecule has 1 aromatic carbocycles. The normalized spacial score (nSPS) is 20.8. The molecule has 0 radical (unpaired) electrons. The van der Waals surface area contributed by atoms with E-state index in [9.17, 15) is 4.79 Å². The molecule has 1 spiro atoms. The number of aryl methyl sites for hydroxylation is 2. The molecule has 2 aliphatic heterocycles. The summed E-state index contributed by atoms with van der Waals surface area (Å²) in [6.07, 6.45) is 9.51. The number of aromatic nitrogens is 2. The summed E-state index contributed by atoms with van der Waals surface area (Å²) in [6, 6.07) is 10.3. The lowest BCUT2D eigenvalue weighted by Gasteiger charge is -2.46. The molecule has 0 bridgehead atoms. The highest BCUT2D eigenvalue weighted by atomic mass is 16.5. The van der Waals surface area contributed by atoms with Gasteiger partial charge in [0.25, 0.3) is 0 Å². The van der Waals surface area contributed by atoms with E-state index in [2.05, 4.69) is 29.4 Å². The maximum Gasteiger partial charge on any atom is 0.224 e. The number of hydrogen-bond acceptors (Lipinski definition) is 4. The first-order valence-corrected chi connectivity index (χ1v) is 11.6. The monoisotopic (exact) mass is 425 g/mol. The summed E-state index contributed by atoms with van der Waals surface area (Å²) in [6.45, 7) is 6.58. The first-order chi connectivity index (χ1) is 15.1. The minimum Gasteiger partial charge on any atom is -0.377 e. The molecule has 168 valence electrons. The summed E-state index contributed by atoms with van der Waals surface area (Å²) in [5.74, 6) is 0.875. The molecule has 1 atom stereocenters. The fourth-order valence-electron chi connectivity index (χ4n) is 4.86. The minimum atomic E-state index is -0.0434. The second kappa shape index (κ2) is 10.4. The maximum absolute atomic E-state index is 12.6. The van der Waals surface area contributed by atoms with E-state index in [4.69, 9.17) is 9.47 Å². The third-order valence-electron chi connectivity index (χ3n) is 6.72. The van der Waals surface area contributed by atoms with Gasteiger partial charge in [-0.15, -0.1) is 0 Å². The van der Waals surface area contributed by atoms with Crippen LogP contribution in [-0.4, -0.2) is 52.5 Å². The average Bonchev–Trinajstić information content (AvgIpc) is 3.22. The molecule has 2 aliphatic rings. The van der Waals surface area contributed by atoms with Gasteiger partial charge >= 0.3 is 0 Å². The van der Waals surface area contributed by atoms with Crippen molar-refractivity contribution in [3.8, 4) is 0 Å². The van der Waals surface area contributed by atoms with Crippen LogP contribution in [0.25, 0.3) is 0 Å². The lowest BCUT2D eigenvalue weighted by atomic mass is 9.78. The molecule has 6 nitrogen and oxygen atoms in total. The van der Waals surface area contributed by atoms with E-state index in [1.165, 1.54) is 5.56 Å². The Morgan fingerprint density at radius 3 is 2.81 bits per heavy atom. The zero-order chi connectivity index (χ0) is 21.5. The lowest BCUT2D eigenvalue weighted by Crippen LogP contribution is -2.51. The second-order valence-corrected chi connectivity index (χ2v) is 9.13. The van der Waals surface area contributed by atoms with Crippen LogP contribution in [0.4, 0.5) is 0 Å². The van der Waals surface area contributed by atoms with E-state index in [1.807, 2.05) is 35.0 Å². The predicted molar refractivity (Wildman–Crippen MR) is 120 cm³/mol. The van der Waals surface area contributed by atoms with Gasteiger partial charge in [0.05, 0.1) is 18.4 Å². The largest absolute Gasteiger partial charge is 0.377 e. The average molecular weight is 426 g/mol. The molecular formula is C25H35N3O3. The molecule has 2 saturated heterocycles. The Kier molecular flexibility index (Phi) is 7.41. The van der Waals surface area contributed by atoms with Gasteiger partial charge in [0.2, 0.25) is 5.91 Å². The topological polar surface area (TPSA) is 56.6 Å². The Bertz CT molecular complexity index is 828. The minimum absolute atomic E-state index is 0.0434. The van der Waals surface area contributed by atoms with Crippen molar-refractivity contribution in [2.75, 3.05) is 26.3 Å². The van der Waals surface area contributed by atoms with Crippen molar-refractivity contribution in [1.29, 1.82) is 0 Å². The molecule has 1 aromatic heterocycles. The highest BCUT2D eigenvalue weighted by Crippen LogP contribution is 2.38. The fourth-order valence-corrected chi connectivity index (χ4v) is 4.86. The van der Waals surface area contributed by atoms with Gasteiger partial charge < -0.3 is 14.4 Å². The molecule has 0 saturated carbocycles. The Labute approximate surface area is 185 Å². The van der Waals surface area contributed by atoms with Crippen LogP contribution in [0, 0.1) is 12.8 Å². The lowest BCUT2D eigenvalue weighted by molar-refractivity contribution is -0.148. The highest BCUT2D eigenvalue weighted by molar-refractivity contribution is 5.76. The number of hydrogen-bond donors (Lipinski definition) is 0. The van der Waals surface area contributed by atoms with Gasteiger partial charge in [0.15, 0.2) is 0 Å². The van der Waals surface area contributed by atoms with Crippen molar-refractivity contribution in [2.45, 2.75) is 64.2 Å². The van der Waals surface area contributed by atoms with Crippen LogP contribution in [0.2, 0.25) is 0 Å². The number of nitrogens with zero attached hydrogens (tertiary/aromatic N) is 3. The van der Waals surface area contributed by atoms with Crippen molar-refractivity contribution >= 4 is 5.91 Å². The number of piperidine rings is 1.